The van der Waals surface area contributed by atoms with E-state index in [-0.39, 0.29) is 23.1 Å². The average Bonchev–Trinajstić information content (AvgIpc) is 2.61. The van der Waals surface area contributed by atoms with E-state index in [2.05, 4.69) is 54.9 Å². The zero-order valence-corrected chi connectivity index (χ0v) is 20.4. The van der Waals surface area contributed by atoms with Crippen LogP contribution < -0.4 is 0 Å². The van der Waals surface area contributed by atoms with Gasteiger partial charge in [-0.2, -0.15) is 17.8 Å². The Kier molecular flexibility index (Phi) is 27.8. The molecule has 0 N–H and O–H groups in total. The van der Waals surface area contributed by atoms with Crippen LogP contribution in [0.1, 0.15) is 131 Å². The summed E-state index contributed by atoms with van der Waals surface area (Å²) >= 11 is 0. The summed E-state index contributed by atoms with van der Waals surface area (Å²) < 4.78 is 0. The predicted octanol–water partition coefficient (Wildman–Crippen LogP) is 8.81. The predicted molar refractivity (Wildman–Crippen MR) is 120 cm³/mol. The SMILES string of the molecule is CCCCCCC[CH-]C(C)(CC)CCCC.[CH2-]C(CC)CCCC.[Mg+2]. The van der Waals surface area contributed by atoms with E-state index < -0.39 is 0 Å². The molecule has 1 heteroatoms. The van der Waals surface area contributed by atoms with Gasteiger partial charge < -0.3 is 13.3 Å². The summed E-state index contributed by atoms with van der Waals surface area (Å²) in [5, 5.41) is 0. The number of rotatable bonds is 15. The molecule has 0 heterocycles. The fraction of sp³-hybridized carbons (Fsp3) is 0.917. The van der Waals surface area contributed by atoms with Crippen molar-refractivity contribution in [1.82, 2.24) is 0 Å². The molecule has 0 amide bonds. The Morgan fingerprint density at radius 2 is 1.36 bits per heavy atom. The van der Waals surface area contributed by atoms with Crippen LogP contribution in [-0.4, -0.2) is 23.1 Å². The molecule has 0 aromatic rings. The maximum absolute atomic E-state index is 3.99. The normalized spacial score (nSPS) is 14.0. The Labute approximate surface area is 178 Å². The fourth-order valence-corrected chi connectivity index (χ4v) is 2.90. The molecule has 0 bridgehead atoms. The van der Waals surface area contributed by atoms with Gasteiger partial charge in [0.15, 0.2) is 0 Å². The van der Waals surface area contributed by atoms with Crippen molar-refractivity contribution in [2.45, 2.75) is 131 Å². The van der Waals surface area contributed by atoms with Crippen LogP contribution in [0.25, 0.3) is 0 Å². The minimum atomic E-state index is 0. The molecule has 148 valence electrons. The van der Waals surface area contributed by atoms with Crippen LogP contribution in [0.3, 0.4) is 0 Å². The van der Waals surface area contributed by atoms with Crippen molar-refractivity contribution < 1.29 is 0 Å². The quantitative estimate of drug-likeness (QED) is 0.155. The molecule has 0 fully saturated rings. The van der Waals surface area contributed by atoms with Crippen LogP contribution in [0.4, 0.5) is 0 Å². The monoisotopic (exact) mass is 362 g/mol. The summed E-state index contributed by atoms with van der Waals surface area (Å²) in [4.78, 5) is 0. The third-order valence-electron chi connectivity index (χ3n) is 5.40. The van der Waals surface area contributed by atoms with E-state index in [9.17, 15) is 0 Å². The van der Waals surface area contributed by atoms with Gasteiger partial charge in [0.1, 0.15) is 0 Å². The first kappa shape index (κ1) is 30.5. The molecule has 2 unspecified atom stereocenters. The molecule has 0 spiro atoms. The molecule has 25 heavy (non-hydrogen) atoms. The Morgan fingerprint density at radius 3 is 1.84 bits per heavy atom. The minimum Gasteiger partial charge on any atom is -0.340 e. The average molecular weight is 363 g/mol. The van der Waals surface area contributed by atoms with Gasteiger partial charge in [0.05, 0.1) is 0 Å². The zero-order chi connectivity index (χ0) is 18.7. The Balaban J connectivity index is -0.000000457. The summed E-state index contributed by atoms with van der Waals surface area (Å²) in [6.45, 7) is 17.8. The largest absolute Gasteiger partial charge is 2.00 e. The second kappa shape index (κ2) is 22.8. The smallest absolute Gasteiger partial charge is 0.340 e. The second-order valence-corrected chi connectivity index (χ2v) is 7.93. The summed E-state index contributed by atoms with van der Waals surface area (Å²) in [6.07, 6.45) is 21.6. The van der Waals surface area contributed by atoms with Gasteiger partial charge in [-0.3, -0.25) is 0 Å². The van der Waals surface area contributed by atoms with E-state index in [0.717, 1.165) is 0 Å². The molecule has 0 aliphatic rings. The number of hydrogen-bond acceptors (Lipinski definition) is 0. The maximum Gasteiger partial charge on any atom is 2.00 e. The van der Waals surface area contributed by atoms with Gasteiger partial charge in [-0.25, -0.2) is 0 Å². The third kappa shape index (κ3) is 22.7. The Bertz CT molecular complexity index is 226. The summed E-state index contributed by atoms with van der Waals surface area (Å²) in [5.74, 6) is 0.704. The molecule has 0 saturated carbocycles. The molecule has 0 aliphatic heterocycles. The van der Waals surface area contributed by atoms with E-state index in [0.29, 0.717) is 11.3 Å². The molecule has 0 aromatic heterocycles. The maximum atomic E-state index is 3.99. The van der Waals surface area contributed by atoms with Crippen molar-refractivity contribution >= 4 is 23.1 Å². The second-order valence-electron chi connectivity index (χ2n) is 7.93. The Morgan fingerprint density at radius 1 is 0.800 bits per heavy atom. The number of unbranched alkanes of at least 4 members (excludes halogenated alkanes) is 7. The van der Waals surface area contributed by atoms with Crippen molar-refractivity contribution in [1.29, 1.82) is 0 Å². The molecule has 0 saturated heterocycles. The first-order chi connectivity index (χ1) is 11.5. The molecule has 0 aromatic carbocycles. The van der Waals surface area contributed by atoms with E-state index in [1.54, 1.807) is 0 Å². The van der Waals surface area contributed by atoms with Crippen LogP contribution >= 0.6 is 0 Å². The van der Waals surface area contributed by atoms with Crippen LogP contribution in [0.15, 0.2) is 0 Å². The van der Waals surface area contributed by atoms with Gasteiger partial charge in [0.2, 0.25) is 0 Å². The van der Waals surface area contributed by atoms with E-state index >= 15 is 0 Å². The first-order valence-electron chi connectivity index (χ1n) is 11.2. The van der Waals surface area contributed by atoms with Gasteiger partial charge in [-0.05, 0) is 0 Å². The Hall–Kier alpha value is 0.766. The van der Waals surface area contributed by atoms with Crippen molar-refractivity contribution in [3.63, 3.8) is 0 Å². The van der Waals surface area contributed by atoms with Gasteiger partial charge in [-0.15, -0.1) is 0 Å². The van der Waals surface area contributed by atoms with Gasteiger partial charge >= 0.3 is 23.1 Å². The minimum absolute atomic E-state index is 0. The zero-order valence-electron chi connectivity index (χ0n) is 19.0. The third-order valence-corrected chi connectivity index (χ3v) is 5.40. The number of hydrogen-bond donors (Lipinski definition) is 0. The van der Waals surface area contributed by atoms with Crippen molar-refractivity contribution in [2.75, 3.05) is 0 Å². The summed E-state index contributed by atoms with van der Waals surface area (Å²) in [5.41, 5.74) is 0.515. The van der Waals surface area contributed by atoms with Crippen LogP contribution in [0.5, 0.6) is 0 Å². The van der Waals surface area contributed by atoms with E-state index in [4.69, 9.17) is 0 Å². The van der Waals surface area contributed by atoms with E-state index in [1.807, 2.05) is 0 Å². The molecule has 0 nitrogen and oxygen atoms in total. The van der Waals surface area contributed by atoms with Crippen molar-refractivity contribution in [3.05, 3.63) is 13.3 Å². The fourth-order valence-electron chi connectivity index (χ4n) is 2.90. The standard InChI is InChI=1S/C16H33.C8H17.Mg/c1-5-8-10-11-12-13-15-16(4,7-3)14-9-6-2;1-4-6-7-8(3)5-2;/h15H,5-14H2,1-4H3;8H,3-7H2,1-2H3;/q2*-1;+2. The molecule has 2 atom stereocenters. The molecule has 0 radical (unpaired) electrons. The summed E-state index contributed by atoms with van der Waals surface area (Å²) in [6, 6.07) is 0. The van der Waals surface area contributed by atoms with Crippen LogP contribution in [0.2, 0.25) is 0 Å². The van der Waals surface area contributed by atoms with Gasteiger partial charge in [0, 0.05) is 0 Å². The summed E-state index contributed by atoms with van der Waals surface area (Å²) in [7, 11) is 0. The van der Waals surface area contributed by atoms with Crippen molar-refractivity contribution in [2.24, 2.45) is 11.3 Å². The molecular weight excluding hydrogens is 313 g/mol. The van der Waals surface area contributed by atoms with Crippen LogP contribution in [0, 0.1) is 24.7 Å². The first-order valence-corrected chi connectivity index (χ1v) is 11.2. The van der Waals surface area contributed by atoms with E-state index in [1.165, 1.54) is 89.9 Å². The van der Waals surface area contributed by atoms with Gasteiger partial charge in [-0.1, -0.05) is 125 Å². The van der Waals surface area contributed by atoms with Gasteiger partial charge in [0.25, 0.3) is 0 Å². The topological polar surface area (TPSA) is 0 Å². The van der Waals surface area contributed by atoms with Crippen LogP contribution in [-0.2, 0) is 0 Å². The molecule has 0 aliphatic carbocycles. The molecule has 0 rings (SSSR count). The van der Waals surface area contributed by atoms with Crippen molar-refractivity contribution in [3.8, 4) is 0 Å². The molecular formula is C24H50Mg.